The van der Waals surface area contributed by atoms with Gasteiger partial charge in [-0.05, 0) is 17.7 Å². The van der Waals surface area contributed by atoms with E-state index in [2.05, 4.69) is 15.9 Å². The molecule has 3 amide bonds. The smallest absolute Gasteiger partial charge is 0.229 e. The summed E-state index contributed by atoms with van der Waals surface area (Å²) in [6.45, 7) is 0.690. The Morgan fingerprint density at radius 2 is 1.76 bits per heavy atom. The van der Waals surface area contributed by atoms with E-state index in [0.717, 1.165) is 10.0 Å². The minimum Gasteiger partial charge on any atom is -0.341 e. The molecule has 0 aromatic heterocycles. The van der Waals surface area contributed by atoms with Gasteiger partial charge in [-0.3, -0.25) is 19.3 Å². The molecule has 5 nitrogen and oxygen atoms in total. The minimum atomic E-state index is -0.177. The van der Waals surface area contributed by atoms with E-state index >= 15 is 0 Å². The molecule has 0 atom stereocenters. The molecule has 0 saturated carbocycles. The van der Waals surface area contributed by atoms with Crippen molar-refractivity contribution in [2.75, 3.05) is 13.6 Å². The van der Waals surface area contributed by atoms with Crippen molar-refractivity contribution in [1.82, 2.24) is 9.80 Å². The van der Waals surface area contributed by atoms with Gasteiger partial charge in [-0.2, -0.15) is 0 Å². The summed E-state index contributed by atoms with van der Waals surface area (Å²) in [7, 11) is 1.72. The molecule has 0 spiro atoms. The van der Waals surface area contributed by atoms with Crippen molar-refractivity contribution in [2.24, 2.45) is 0 Å². The quantitative estimate of drug-likeness (QED) is 0.761. The molecular weight excluding hydrogens is 336 g/mol. The van der Waals surface area contributed by atoms with Crippen molar-refractivity contribution in [1.29, 1.82) is 0 Å². The first-order valence-corrected chi connectivity index (χ1v) is 7.58. The zero-order chi connectivity index (χ0) is 15.4. The Morgan fingerprint density at radius 1 is 1.19 bits per heavy atom. The van der Waals surface area contributed by atoms with Gasteiger partial charge in [-0.1, -0.05) is 28.1 Å². The number of hydrogen-bond donors (Lipinski definition) is 0. The molecule has 0 bridgehead atoms. The number of imide groups is 1. The van der Waals surface area contributed by atoms with Crippen LogP contribution in [-0.2, 0) is 20.9 Å². The van der Waals surface area contributed by atoms with Crippen LogP contribution in [0, 0.1) is 0 Å². The van der Waals surface area contributed by atoms with Crippen LogP contribution < -0.4 is 0 Å². The third-order valence-electron chi connectivity index (χ3n) is 3.46. The lowest BCUT2D eigenvalue weighted by molar-refractivity contribution is -0.139. The average molecular weight is 353 g/mol. The van der Waals surface area contributed by atoms with E-state index in [1.165, 1.54) is 4.90 Å². The van der Waals surface area contributed by atoms with Crippen LogP contribution in [0.4, 0.5) is 0 Å². The first-order valence-electron chi connectivity index (χ1n) is 6.79. The molecule has 1 aromatic rings. The van der Waals surface area contributed by atoms with Gasteiger partial charge in [-0.25, -0.2) is 0 Å². The van der Waals surface area contributed by atoms with Gasteiger partial charge in [0.15, 0.2) is 0 Å². The summed E-state index contributed by atoms with van der Waals surface area (Å²) in [6.07, 6.45) is 0.702. The second kappa shape index (κ2) is 6.85. The molecule has 0 unspecified atom stereocenters. The zero-order valence-corrected chi connectivity index (χ0v) is 13.4. The number of carbonyl (C=O) groups is 3. The molecular formula is C15H17BrN2O3. The number of likely N-dealkylation sites (tertiary alicyclic amines) is 1. The Hall–Kier alpha value is -1.69. The fourth-order valence-corrected chi connectivity index (χ4v) is 2.49. The van der Waals surface area contributed by atoms with Crippen LogP contribution in [0.5, 0.6) is 0 Å². The molecule has 112 valence electrons. The molecule has 1 heterocycles. The standard InChI is InChI=1S/C15H17BrN2O3/c1-17(10-11-2-4-12(16)5-3-11)13(19)8-9-18-14(20)6-7-15(18)21/h2-5H,6-10H2,1H3. The van der Waals surface area contributed by atoms with Crippen LogP contribution in [0.1, 0.15) is 24.8 Å². The summed E-state index contributed by atoms with van der Waals surface area (Å²) in [5.74, 6) is -0.433. The first-order chi connectivity index (χ1) is 9.97. The number of nitrogens with zero attached hydrogens (tertiary/aromatic N) is 2. The Labute approximate surface area is 132 Å². The van der Waals surface area contributed by atoms with Crippen molar-refractivity contribution in [3.8, 4) is 0 Å². The number of rotatable bonds is 5. The number of benzene rings is 1. The number of amides is 3. The largest absolute Gasteiger partial charge is 0.341 e. The van der Waals surface area contributed by atoms with Crippen molar-refractivity contribution in [2.45, 2.75) is 25.8 Å². The topological polar surface area (TPSA) is 57.7 Å². The highest BCUT2D eigenvalue weighted by Gasteiger charge is 2.29. The van der Waals surface area contributed by atoms with E-state index in [-0.39, 0.29) is 43.5 Å². The van der Waals surface area contributed by atoms with Gasteiger partial charge in [0, 0.05) is 43.9 Å². The van der Waals surface area contributed by atoms with E-state index in [1.54, 1.807) is 11.9 Å². The molecule has 0 aliphatic carbocycles. The summed E-state index contributed by atoms with van der Waals surface area (Å²) in [4.78, 5) is 37.8. The summed E-state index contributed by atoms with van der Waals surface area (Å²) in [5.41, 5.74) is 1.03. The number of hydrogen-bond acceptors (Lipinski definition) is 3. The molecule has 0 N–H and O–H groups in total. The van der Waals surface area contributed by atoms with Crippen molar-refractivity contribution in [3.63, 3.8) is 0 Å². The summed E-state index contributed by atoms with van der Waals surface area (Å²) in [6, 6.07) is 7.74. The molecule has 21 heavy (non-hydrogen) atoms. The van der Waals surface area contributed by atoms with E-state index in [0.29, 0.717) is 6.54 Å². The van der Waals surface area contributed by atoms with Crippen LogP contribution in [-0.4, -0.2) is 41.1 Å². The van der Waals surface area contributed by atoms with E-state index in [1.807, 2.05) is 24.3 Å². The molecule has 0 radical (unpaired) electrons. The van der Waals surface area contributed by atoms with Gasteiger partial charge in [0.2, 0.25) is 17.7 Å². The van der Waals surface area contributed by atoms with E-state index in [9.17, 15) is 14.4 Å². The molecule has 6 heteroatoms. The Bertz CT molecular complexity index is 541. The summed E-state index contributed by atoms with van der Waals surface area (Å²) < 4.78 is 0.992. The van der Waals surface area contributed by atoms with Gasteiger partial charge >= 0.3 is 0 Å². The lowest BCUT2D eigenvalue weighted by atomic mass is 10.2. The summed E-state index contributed by atoms with van der Waals surface area (Å²) >= 11 is 3.36. The van der Waals surface area contributed by atoms with Gasteiger partial charge < -0.3 is 4.90 Å². The SMILES string of the molecule is CN(Cc1ccc(Br)cc1)C(=O)CCN1C(=O)CCC1=O. The third kappa shape index (κ3) is 4.14. The van der Waals surface area contributed by atoms with Gasteiger partial charge in [0.05, 0.1) is 0 Å². The van der Waals surface area contributed by atoms with Crippen LogP contribution >= 0.6 is 15.9 Å². The molecule has 1 aromatic carbocycles. The highest BCUT2D eigenvalue weighted by Crippen LogP contribution is 2.14. The molecule has 1 saturated heterocycles. The van der Waals surface area contributed by atoms with Crippen molar-refractivity contribution in [3.05, 3.63) is 34.3 Å². The third-order valence-corrected chi connectivity index (χ3v) is 3.99. The number of carbonyl (C=O) groups excluding carboxylic acids is 3. The summed E-state index contributed by atoms with van der Waals surface area (Å²) in [5, 5.41) is 0. The van der Waals surface area contributed by atoms with E-state index in [4.69, 9.17) is 0 Å². The van der Waals surface area contributed by atoms with Gasteiger partial charge in [0.1, 0.15) is 0 Å². The van der Waals surface area contributed by atoms with Crippen LogP contribution in [0.2, 0.25) is 0 Å². The zero-order valence-electron chi connectivity index (χ0n) is 11.8. The van der Waals surface area contributed by atoms with Gasteiger partial charge in [-0.15, -0.1) is 0 Å². The minimum absolute atomic E-state index is 0.0783. The highest BCUT2D eigenvalue weighted by molar-refractivity contribution is 9.10. The molecule has 1 fully saturated rings. The predicted octanol–water partition coefficient (Wildman–Crippen LogP) is 1.95. The maximum Gasteiger partial charge on any atom is 0.229 e. The second-order valence-corrected chi connectivity index (χ2v) is 5.98. The fraction of sp³-hybridized carbons (Fsp3) is 0.400. The van der Waals surface area contributed by atoms with Crippen LogP contribution in [0.25, 0.3) is 0 Å². The Kier molecular flexibility index (Phi) is 5.12. The number of halogens is 1. The maximum absolute atomic E-state index is 12.1. The predicted molar refractivity (Wildman–Crippen MR) is 81.2 cm³/mol. The van der Waals surface area contributed by atoms with Crippen LogP contribution in [0.15, 0.2) is 28.7 Å². The van der Waals surface area contributed by atoms with Crippen LogP contribution in [0.3, 0.4) is 0 Å². The highest BCUT2D eigenvalue weighted by atomic mass is 79.9. The Morgan fingerprint density at radius 3 is 2.33 bits per heavy atom. The lowest BCUT2D eigenvalue weighted by Crippen LogP contribution is -2.34. The van der Waals surface area contributed by atoms with Crippen molar-refractivity contribution < 1.29 is 14.4 Å². The van der Waals surface area contributed by atoms with Crippen molar-refractivity contribution >= 4 is 33.7 Å². The fourth-order valence-electron chi connectivity index (χ4n) is 2.22. The molecule has 1 aliphatic heterocycles. The van der Waals surface area contributed by atoms with E-state index < -0.39 is 0 Å². The van der Waals surface area contributed by atoms with Gasteiger partial charge in [0.25, 0.3) is 0 Å². The lowest BCUT2D eigenvalue weighted by Gasteiger charge is -2.19. The normalized spacial score (nSPS) is 14.7. The Balaban J connectivity index is 1.83. The second-order valence-electron chi connectivity index (χ2n) is 5.07. The first kappa shape index (κ1) is 15.7. The monoisotopic (exact) mass is 352 g/mol. The average Bonchev–Trinajstić information content (AvgIpc) is 2.78. The maximum atomic E-state index is 12.1. The molecule has 2 rings (SSSR count). The molecule has 1 aliphatic rings.